The van der Waals surface area contributed by atoms with Gasteiger partial charge in [0.25, 0.3) is 0 Å². The summed E-state index contributed by atoms with van der Waals surface area (Å²) in [6.45, 7) is 0.509. The van der Waals surface area contributed by atoms with Gasteiger partial charge in [-0.2, -0.15) is 5.21 Å². The molecule has 0 aliphatic rings. The fraction of sp³-hybridized carbons (Fsp3) is 0.417. The molecule has 2 aromatic rings. The molecule has 1 aromatic heterocycles. The number of rotatable bonds is 6. The molecule has 0 aliphatic carbocycles. The third kappa shape index (κ3) is 2.84. The SMILES string of the molecule is COc1ccccc1CCC(CN)c1nn[nH]n1. The molecule has 96 valence electrons. The highest BCUT2D eigenvalue weighted by Crippen LogP contribution is 2.22. The monoisotopic (exact) mass is 247 g/mol. The van der Waals surface area contributed by atoms with Crippen LogP contribution in [0.5, 0.6) is 5.75 Å². The highest BCUT2D eigenvalue weighted by atomic mass is 16.5. The number of aryl methyl sites for hydroxylation is 1. The third-order valence-corrected chi connectivity index (χ3v) is 2.97. The van der Waals surface area contributed by atoms with Crippen molar-refractivity contribution in [2.75, 3.05) is 13.7 Å². The number of hydrogen-bond donors (Lipinski definition) is 2. The molecule has 6 nitrogen and oxygen atoms in total. The van der Waals surface area contributed by atoms with Gasteiger partial charge < -0.3 is 10.5 Å². The van der Waals surface area contributed by atoms with Crippen molar-refractivity contribution in [1.82, 2.24) is 20.6 Å². The van der Waals surface area contributed by atoms with Crippen LogP contribution in [0.15, 0.2) is 24.3 Å². The molecule has 1 heterocycles. The van der Waals surface area contributed by atoms with Crippen LogP contribution in [0, 0.1) is 0 Å². The molecular formula is C12H17N5O. The molecule has 1 aromatic carbocycles. The minimum Gasteiger partial charge on any atom is -0.496 e. The molecule has 0 saturated heterocycles. The van der Waals surface area contributed by atoms with Gasteiger partial charge in [-0.15, -0.1) is 10.2 Å². The second-order valence-electron chi connectivity index (χ2n) is 4.05. The Kier molecular flexibility index (Phi) is 4.25. The first-order valence-electron chi connectivity index (χ1n) is 5.90. The van der Waals surface area contributed by atoms with E-state index < -0.39 is 0 Å². The van der Waals surface area contributed by atoms with Gasteiger partial charge >= 0.3 is 0 Å². The highest BCUT2D eigenvalue weighted by Gasteiger charge is 2.15. The van der Waals surface area contributed by atoms with Crippen molar-refractivity contribution in [1.29, 1.82) is 0 Å². The van der Waals surface area contributed by atoms with E-state index in [4.69, 9.17) is 10.5 Å². The first-order chi connectivity index (χ1) is 8.85. The number of aromatic amines is 1. The predicted octanol–water partition coefficient (Wildman–Crippen LogP) is 0.883. The van der Waals surface area contributed by atoms with E-state index in [1.54, 1.807) is 7.11 Å². The zero-order valence-electron chi connectivity index (χ0n) is 10.3. The maximum Gasteiger partial charge on any atom is 0.178 e. The van der Waals surface area contributed by atoms with Gasteiger partial charge in [-0.1, -0.05) is 23.4 Å². The molecule has 1 atom stereocenters. The lowest BCUT2D eigenvalue weighted by Gasteiger charge is -2.12. The number of nitrogens with zero attached hydrogens (tertiary/aromatic N) is 3. The molecule has 2 rings (SSSR count). The van der Waals surface area contributed by atoms with E-state index >= 15 is 0 Å². The van der Waals surface area contributed by atoms with Crippen molar-refractivity contribution in [2.24, 2.45) is 5.73 Å². The van der Waals surface area contributed by atoms with Crippen molar-refractivity contribution in [3.05, 3.63) is 35.7 Å². The van der Waals surface area contributed by atoms with Crippen LogP contribution in [0.3, 0.4) is 0 Å². The number of benzene rings is 1. The second-order valence-corrected chi connectivity index (χ2v) is 4.05. The number of nitrogens with one attached hydrogen (secondary N) is 1. The van der Waals surface area contributed by atoms with Crippen LogP contribution in [0.25, 0.3) is 0 Å². The molecule has 0 aliphatic heterocycles. The summed E-state index contributed by atoms with van der Waals surface area (Å²) in [4.78, 5) is 0. The van der Waals surface area contributed by atoms with Crippen LogP contribution < -0.4 is 10.5 Å². The van der Waals surface area contributed by atoms with Gasteiger partial charge in [-0.05, 0) is 24.5 Å². The Labute approximate surface area is 106 Å². The number of para-hydroxylation sites is 1. The Balaban J connectivity index is 2.02. The summed E-state index contributed by atoms with van der Waals surface area (Å²) in [5.41, 5.74) is 6.91. The van der Waals surface area contributed by atoms with E-state index in [1.807, 2.05) is 18.2 Å². The van der Waals surface area contributed by atoms with Crippen molar-refractivity contribution in [3.63, 3.8) is 0 Å². The van der Waals surface area contributed by atoms with Gasteiger partial charge in [0.1, 0.15) is 5.75 Å². The first-order valence-corrected chi connectivity index (χ1v) is 5.90. The van der Waals surface area contributed by atoms with E-state index in [-0.39, 0.29) is 5.92 Å². The second kappa shape index (κ2) is 6.11. The number of tetrazole rings is 1. The Morgan fingerprint density at radius 2 is 2.22 bits per heavy atom. The number of aromatic nitrogens is 4. The third-order valence-electron chi connectivity index (χ3n) is 2.97. The summed E-state index contributed by atoms with van der Waals surface area (Å²) in [5.74, 6) is 1.70. The molecule has 0 fully saturated rings. The van der Waals surface area contributed by atoms with Gasteiger partial charge in [-0.25, -0.2) is 0 Å². The van der Waals surface area contributed by atoms with Crippen LogP contribution in [-0.2, 0) is 6.42 Å². The molecule has 0 spiro atoms. The smallest absolute Gasteiger partial charge is 0.178 e. The highest BCUT2D eigenvalue weighted by molar-refractivity contribution is 5.33. The Morgan fingerprint density at radius 3 is 2.89 bits per heavy atom. The number of methoxy groups -OCH3 is 1. The predicted molar refractivity (Wildman–Crippen MR) is 67.3 cm³/mol. The van der Waals surface area contributed by atoms with Gasteiger partial charge in [0.2, 0.25) is 0 Å². The number of ether oxygens (including phenoxy) is 1. The summed E-state index contributed by atoms with van der Waals surface area (Å²) in [6.07, 6.45) is 1.75. The molecule has 0 amide bonds. The van der Waals surface area contributed by atoms with Crippen LogP contribution in [-0.4, -0.2) is 34.3 Å². The summed E-state index contributed by atoms with van der Waals surface area (Å²) in [5, 5.41) is 14.0. The summed E-state index contributed by atoms with van der Waals surface area (Å²) in [7, 11) is 1.68. The maximum atomic E-state index is 5.75. The minimum atomic E-state index is 0.119. The lowest BCUT2D eigenvalue weighted by molar-refractivity contribution is 0.408. The van der Waals surface area contributed by atoms with Gasteiger partial charge in [0, 0.05) is 12.5 Å². The van der Waals surface area contributed by atoms with E-state index in [0.717, 1.165) is 18.6 Å². The largest absolute Gasteiger partial charge is 0.496 e. The van der Waals surface area contributed by atoms with Crippen LogP contribution >= 0.6 is 0 Å². The fourth-order valence-electron chi connectivity index (χ4n) is 1.93. The molecule has 0 radical (unpaired) electrons. The van der Waals surface area contributed by atoms with Gasteiger partial charge in [0.15, 0.2) is 5.82 Å². The zero-order valence-corrected chi connectivity index (χ0v) is 10.3. The molecule has 6 heteroatoms. The molecule has 0 bridgehead atoms. The minimum absolute atomic E-state index is 0.119. The van der Waals surface area contributed by atoms with Gasteiger partial charge in [0.05, 0.1) is 7.11 Å². The molecule has 3 N–H and O–H groups in total. The summed E-state index contributed by atoms with van der Waals surface area (Å²) >= 11 is 0. The van der Waals surface area contributed by atoms with E-state index in [0.29, 0.717) is 12.4 Å². The van der Waals surface area contributed by atoms with Crippen molar-refractivity contribution < 1.29 is 4.74 Å². The summed E-state index contributed by atoms with van der Waals surface area (Å²) < 4.78 is 5.32. The Hall–Kier alpha value is -1.95. The topological polar surface area (TPSA) is 89.7 Å². The normalized spacial score (nSPS) is 12.3. The van der Waals surface area contributed by atoms with Crippen LogP contribution in [0.1, 0.15) is 23.7 Å². The average molecular weight is 247 g/mol. The van der Waals surface area contributed by atoms with E-state index in [9.17, 15) is 0 Å². The zero-order chi connectivity index (χ0) is 12.8. The van der Waals surface area contributed by atoms with Crippen molar-refractivity contribution in [3.8, 4) is 5.75 Å². The quantitative estimate of drug-likeness (QED) is 0.791. The van der Waals surface area contributed by atoms with Crippen molar-refractivity contribution >= 4 is 0 Å². The summed E-state index contributed by atoms with van der Waals surface area (Å²) in [6, 6.07) is 7.98. The number of nitrogens with two attached hydrogens (primary N) is 1. The molecule has 18 heavy (non-hydrogen) atoms. The molecule has 1 unspecified atom stereocenters. The van der Waals surface area contributed by atoms with Crippen molar-refractivity contribution in [2.45, 2.75) is 18.8 Å². The standard InChI is InChI=1S/C12H17N5O/c1-18-11-5-3-2-4-9(11)6-7-10(8-13)12-14-16-17-15-12/h2-5,10H,6-8,13H2,1H3,(H,14,15,16,17). The maximum absolute atomic E-state index is 5.75. The Morgan fingerprint density at radius 1 is 1.39 bits per heavy atom. The number of hydrogen-bond acceptors (Lipinski definition) is 5. The number of H-pyrrole nitrogens is 1. The molecular weight excluding hydrogens is 230 g/mol. The lowest BCUT2D eigenvalue weighted by Crippen LogP contribution is -2.15. The Bertz CT molecular complexity index is 471. The van der Waals surface area contributed by atoms with E-state index in [2.05, 4.69) is 26.7 Å². The lowest BCUT2D eigenvalue weighted by atomic mass is 9.98. The van der Waals surface area contributed by atoms with Crippen LogP contribution in [0.4, 0.5) is 0 Å². The average Bonchev–Trinajstić information content (AvgIpc) is 2.94. The molecule has 0 saturated carbocycles. The van der Waals surface area contributed by atoms with E-state index in [1.165, 1.54) is 5.56 Å². The van der Waals surface area contributed by atoms with Gasteiger partial charge in [-0.3, -0.25) is 0 Å². The van der Waals surface area contributed by atoms with Crippen LogP contribution in [0.2, 0.25) is 0 Å². The fourth-order valence-corrected chi connectivity index (χ4v) is 1.93. The first kappa shape index (κ1) is 12.5.